The van der Waals surface area contributed by atoms with E-state index in [9.17, 15) is 9.59 Å². The number of rotatable bonds is 4. The summed E-state index contributed by atoms with van der Waals surface area (Å²) in [6, 6.07) is 6.89. The first-order chi connectivity index (χ1) is 12.5. The van der Waals surface area contributed by atoms with Crippen molar-refractivity contribution in [3.8, 4) is 0 Å². The molecule has 2 heterocycles. The molecule has 1 aliphatic rings. The smallest absolute Gasteiger partial charge is 0.229 e. The molecule has 0 atom stereocenters. The molecule has 2 aromatic rings. The van der Waals surface area contributed by atoms with E-state index in [0.717, 1.165) is 5.56 Å². The van der Waals surface area contributed by atoms with Crippen LogP contribution in [0.1, 0.15) is 18.4 Å². The van der Waals surface area contributed by atoms with Gasteiger partial charge in [0.25, 0.3) is 0 Å². The minimum atomic E-state index is -0.146. The summed E-state index contributed by atoms with van der Waals surface area (Å²) in [4.78, 5) is 34.5. The van der Waals surface area contributed by atoms with Gasteiger partial charge in [0, 0.05) is 31.4 Å². The summed E-state index contributed by atoms with van der Waals surface area (Å²) in [6.45, 7) is 1.10. The minimum Gasteiger partial charge on any atom is -0.342 e. The van der Waals surface area contributed by atoms with Crippen molar-refractivity contribution in [3.63, 3.8) is 0 Å². The molecule has 0 radical (unpaired) electrons. The van der Waals surface area contributed by atoms with Gasteiger partial charge in [-0.25, -0.2) is 9.97 Å². The van der Waals surface area contributed by atoms with E-state index in [2.05, 4.69) is 15.3 Å². The van der Waals surface area contributed by atoms with E-state index in [4.69, 9.17) is 23.2 Å². The lowest BCUT2D eigenvalue weighted by Gasteiger charge is -2.31. The first kappa shape index (κ1) is 18.6. The maximum Gasteiger partial charge on any atom is 0.229 e. The highest BCUT2D eigenvalue weighted by Crippen LogP contribution is 2.24. The van der Waals surface area contributed by atoms with Crippen molar-refractivity contribution in [1.82, 2.24) is 14.9 Å². The molecule has 1 N–H and O–H groups in total. The zero-order chi connectivity index (χ0) is 18.5. The summed E-state index contributed by atoms with van der Waals surface area (Å²) in [7, 11) is 0. The molecule has 2 amide bonds. The van der Waals surface area contributed by atoms with Crippen molar-refractivity contribution in [2.24, 2.45) is 5.92 Å². The van der Waals surface area contributed by atoms with Crippen LogP contribution in [0.25, 0.3) is 0 Å². The Morgan fingerprint density at radius 2 is 1.81 bits per heavy atom. The number of amides is 2. The van der Waals surface area contributed by atoms with E-state index in [1.165, 1.54) is 0 Å². The standard InChI is InChI=1S/C18H18Cl2N4O2/c19-14-3-2-12(10-15(14)20)11-16(25)24-8-4-13(5-9-24)17(26)23-18-21-6-1-7-22-18/h1-3,6-7,10,13H,4-5,8-9,11H2,(H,21,22,23,26). The molecule has 6 nitrogen and oxygen atoms in total. The van der Waals surface area contributed by atoms with E-state index < -0.39 is 0 Å². The molecule has 0 saturated carbocycles. The molecule has 1 aromatic heterocycles. The molecule has 8 heteroatoms. The second-order valence-corrected chi connectivity index (χ2v) is 6.96. The number of nitrogens with zero attached hydrogens (tertiary/aromatic N) is 3. The number of carbonyl (C=O) groups excluding carboxylic acids is 2. The van der Waals surface area contributed by atoms with E-state index in [1.807, 2.05) is 0 Å². The summed E-state index contributed by atoms with van der Waals surface area (Å²) in [5, 5.41) is 3.63. The van der Waals surface area contributed by atoms with Gasteiger partial charge in [-0.3, -0.25) is 14.9 Å². The number of nitrogens with one attached hydrogen (secondary N) is 1. The van der Waals surface area contributed by atoms with Gasteiger partial charge in [-0.1, -0.05) is 29.3 Å². The van der Waals surface area contributed by atoms with Crippen LogP contribution in [0.2, 0.25) is 10.0 Å². The van der Waals surface area contributed by atoms with Gasteiger partial charge in [-0.2, -0.15) is 0 Å². The topological polar surface area (TPSA) is 75.2 Å². The van der Waals surface area contributed by atoms with Crippen LogP contribution >= 0.6 is 23.2 Å². The normalized spacial score (nSPS) is 14.9. The van der Waals surface area contributed by atoms with Crippen molar-refractivity contribution in [2.45, 2.75) is 19.3 Å². The first-order valence-corrected chi connectivity index (χ1v) is 9.08. The van der Waals surface area contributed by atoms with E-state index >= 15 is 0 Å². The summed E-state index contributed by atoms with van der Waals surface area (Å²) in [6.07, 6.45) is 4.66. The number of anilines is 1. The van der Waals surface area contributed by atoms with Crippen LogP contribution in [0.3, 0.4) is 0 Å². The number of halogens is 2. The fourth-order valence-corrected chi connectivity index (χ4v) is 3.22. The third kappa shape index (κ3) is 4.71. The average molecular weight is 393 g/mol. The molecule has 1 aliphatic heterocycles. The third-order valence-electron chi connectivity index (χ3n) is 4.36. The molecule has 0 spiro atoms. The number of hydrogen-bond acceptors (Lipinski definition) is 4. The van der Waals surface area contributed by atoms with Crippen LogP contribution in [0.5, 0.6) is 0 Å². The summed E-state index contributed by atoms with van der Waals surface area (Å²) in [5.41, 5.74) is 0.825. The zero-order valence-electron chi connectivity index (χ0n) is 14.0. The highest BCUT2D eigenvalue weighted by Gasteiger charge is 2.27. The highest BCUT2D eigenvalue weighted by molar-refractivity contribution is 6.42. The van der Waals surface area contributed by atoms with Crippen LogP contribution in [0.4, 0.5) is 5.95 Å². The quantitative estimate of drug-likeness (QED) is 0.866. The maximum absolute atomic E-state index is 12.5. The van der Waals surface area contributed by atoms with Crippen LogP contribution in [0, 0.1) is 5.92 Å². The SMILES string of the molecule is O=C(Nc1ncccn1)C1CCN(C(=O)Cc2ccc(Cl)c(Cl)c2)CC1. The molecule has 0 bridgehead atoms. The first-order valence-electron chi connectivity index (χ1n) is 8.32. The average Bonchev–Trinajstić information content (AvgIpc) is 2.65. The summed E-state index contributed by atoms with van der Waals surface area (Å²) >= 11 is 11.9. The number of aromatic nitrogens is 2. The van der Waals surface area contributed by atoms with Crippen molar-refractivity contribution >= 4 is 41.0 Å². The number of carbonyl (C=O) groups is 2. The molecule has 0 aliphatic carbocycles. The molecule has 0 unspecified atom stereocenters. The molecule has 136 valence electrons. The van der Waals surface area contributed by atoms with Crippen molar-refractivity contribution in [3.05, 3.63) is 52.3 Å². The Labute approximate surface area is 161 Å². The molecule has 1 fully saturated rings. The van der Waals surface area contributed by atoms with Gasteiger partial charge in [0.15, 0.2) is 0 Å². The Kier molecular flexibility index (Phi) is 6.06. The number of benzene rings is 1. The molecular formula is C18H18Cl2N4O2. The van der Waals surface area contributed by atoms with Crippen LogP contribution in [-0.4, -0.2) is 39.8 Å². The predicted molar refractivity (Wildman–Crippen MR) is 100 cm³/mol. The van der Waals surface area contributed by atoms with Gasteiger partial charge in [0.05, 0.1) is 16.5 Å². The third-order valence-corrected chi connectivity index (χ3v) is 5.10. The Morgan fingerprint density at radius 1 is 1.12 bits per heavy atom. The van der Waals surface area contributed by atoms with Gasteiger partial charge in [0.2, 0.25) is 17.8 Å². The van der Waals surface area contributed by atoms with E-state index in [0.29, 0.717) is 41.9 Å². The minimum absolute atomic E-state index is 0.0219. The fourth-order valence-electron chi connectivity index (χ4n) is 2.90. The summed E-state index contributed by atoms with van der Waals surface area (Å²) < 4.78 is 0. The molecule has 26 heavy (non-hydrogen) atoms. The molecule has 1 aromatic carbocycles. The number of likely N-dealkylation sites (tertiary alicyclic amines) is 1. The lowest BCUT2D eigenvalue weighted by molar-refractivity contribution is -0.133. The lowest BCUT2D eigenvalue weighted by atomic mass is 9.95. The Hall–Kier alpha value is -2.18. The number of hydrogen-bond donors (Lipinski definition) is 1. The highest BCUT2D eigenvalue weighted by atomic mass is 35.5. The molecule has 1 saturated heterocycles. The summed E-state index contributed by atoms with van der Waals surface area (Å²) in [5.74, 6) is 0.0740. The fraction of sp³-hybridized carbons (Fsp3) is 0.333. The van der Waals surface area contributed by atoms with Crippen LogP contribution in [-0.2, 0) is 16.0 Å². The van der Waals surface area contributed by atoms with Gasteiger partial charge < -0.3 is 4.90 Å². The van der Waals surface area contributed by atoms with Crippen LogP contribution in [0.15, 0.2) is 36.7 Å². The van der Waals surface area contributed by atoms with E-state index in [1.54, 1.807) is 41.6 Å². The van der Waals surface area contributed by atoms with Gasteiger partial charge in [0.1, 0.15) is 0 Å². The van der Waals surface area contributed by atoms with Crippen molar-refractivity contribution in [1.29, 1.82) is 0 Å². The lowest BCUT2D eigenvalue weighted by Crippen LogP contribution is -2.42. The van der Waals surface area contributed by atoms with Crippen LogP contribution < -0.4 is 5.32 Å². The van der Waals surface area contributed by atoms with Gasteiger partial charge >= 0.3 is 0 Å². The maximum atomic E-state index is 12.5. The Bertz CT molecular complexity index is 793. The van der Waals surface area contributed by atoms with Gasteiger partial charge in [-0.05, 0) is 36.6 Å². The van der Waals surface area contributed by atoms with Gasteiger partial charge in [-0.15, -0.1) is 0 Å². The molecule has 3 rings (SSSR count). The second-order valence-electron chi connectivity index (χ2n) is 6.14. The Morgan fingerprint density at radius 3 is 2.46 bits per heavy atom. The monoisotopic (exact) mass is 392 g/mol. The molecular weight excluding hydrogens is 375 g/mol. The second kappa shape index (κ2) is 8.47. The number of piperidine rings is 1. The largest absolute Gasteiger partial charge is 0.342 e. The Balaban J connectivity index is 1.50. The van der Waals surface area contributed by atoms with Crippen molar-refractivity contribution in [2.75, 3.05) is 18.4 Å². The van der Waals surface area contributed by atoms with E-state index in [-0.39, 0.29) is 24.2 Å². The zero-order valence-corrected chi connectivity index (χ0v) is 15.5. The predicted octanol–water partition coefficient (Wildman–Crippen LogP) is 3.20. The van der Waals surface area contributed by atoms with Crippen molar-refractivity contribution < 1.29 is 9.59 Å².